The summed E-state index contributed by atoms with van der Waals surface area (Å²) in [5.74, 6) is 1.67. The molecule has 0 saturated heterocycles. The average Bonchev–Trinajstić information content (AvgIpc) is 4.11. The first-order valence-corrected chi connectivity index (χ1v) is 20.7. The summed E-state index contributed by atoms with van der Waals surface area (Å²) >= 11 is 5.34. The summed E-state index contributed by atoms with van der Waals surface area (Å²) in [7, 11) is 4.59. The summed E-state index contributed by atoms with van der Waals surface area (Å²) < 4.78 is 21.3. The fourth-order valence-corrected chi connectivity index (χ4v) is 5.29. The number of aliphatic imine (C=N–C) groups is 1. The second kappa shape index (κ2) is 29.0. The molecule has 6 aromatic heterocycles. The van der Waals surface area contributed by atoms with E-state index in [1.54, 1.807) is 81.1 Å². The molecular formula is C44H57ClKN15O8. The Morgan fingerprint density at radius 2 is 1.19 bits per heavy atom. The van der Waals surface area contributed by atoms with E-state index in [1.165, 1.54) is 7.11 Å². The van der Waals surface area contributed by atoms with Crippen molar-refractivity contribution in [2.45, 2.75) is 65.4 Å². The smallest absolute Gasteiger partial charge is 0.870 e. The van der Waals surface area contributed by atoms with E-state index in [-0.39, 0.29) is 80.0 Å². The van der Waals surface area contributed by atoms with Gasteiger partial charge in [0.15, 0.2) is 23.7 Å². The Balaban J connectivity index is 0.000000335. The number of aliphatic hydroxyl groups excluding tert-OH is 1. The minimum Gasteiger partial charge on any atom is -0.870 e. The van der Waals surface area contributed by atoms with Gasteiger partial charge in [-0.15, -0.1) is 18.2 Å². The van der Waals surface area contributed by atoms with E-state index in [9.17, 15) is 5.11 Å². The number of hydrogen-bond acceptors (Lipinski definition) is 18. The van der Waals surface area contributed by atoms with Crippen LogP contribution >= 0.6 is 11.6 Å². The predicted molar refractivity (Wildman–Crippen MR) is 256 cm³/mol. The van der Waals surface area contributed by atoms with E-state index < -0.39 is 12.3 Å². The normalized spacial score (nSPS) is 14.9. The number of ether oxygens (including phenoxy) is 3. The van der Waals surface area contributed by atoms with Crippen LogP contribution in [0.5, 0.6) is 17.6 Å². The molecule has 364 valence electrons. The second-order valence-electron chi connectivity index (χ2n) is 14.2. The zero-order chi connectivity index (χ0) is 49.2. The fraction of sp³-hybridized carbons (Fsp3) is 0.295. The number of amidine groups is 3. The number of aliphatic hydroxyl groups is 1. The molecule has 23 nitrogen and oxygen atoms in total. The zero-order valence-electron chi connectivity index (χ0n) is 40.1. The largest absolute Gasteiger partial charge is 1.00 e. The van der Waals surface area contributed by atoms with Gasteiger partial charge in [-0.2, -0.15) is 0 Å². The van der Waals surface area contributed by atoms with Crippen LogP contribution in [0.1, 0.15) is 54.9 Å². The summed E-state index contributed by atoms with van der Waals surface area (Å²) in [5.41, 5.74) is 20.3. The number of nitrogens with one attached hydrogen (secondary N) is 1. The van der Waals surface area contributed by atoms with Gasteiger partial charge in [0.25, 0.3) is 0 Å². The molecule has 0 aliphatic carbocycles. The Morgan fingerprint density at radius 1 is 0.768 bits per heavy atom. The molecule has 4 unspecified atom stereocenters. The van der Waals surface area contributed by atoms with E-state index in [2.05, 4.69) is 63.8 Å². The number of aromatic nitrogens is 9. The molecule has 69 heavy (non-hydrogen) atoms. The first-order valence-electron chi connectivity index (χ1n) is 20.3. The Kier molecular flexibility index (Phi) is 24.7. The van der Waals surface area contributed by atoms with Gasteiger partial charge < -0.3 is 60.0 Å². The molecule has 0 spiro atoms. The minimum absolute atomic E-state index is 0. The van der Waals surface area contributed by atoms with Crippen LogP contribution in [0.4, 0.5) is 0 Å². The molecule has 0 amide bonds. The number of alkyl halides is 1. The van der Waals surface area contributed by atoms with Crippen LogP contribution in [0.3, 0.4) is 0 Å². The third-order valence-corrected chi connectivity index (χ3v) is 9.12. The molecular weight excluding hydrogens is 941 g/mol. The van der Waals surface area contributed by atoms with Gasteiger partial charge in [-0.25, -0.2) is 40.4 Å². The second-order valence-corrected chi connectivity index (χ2v) is 14.9. The van der Waals surface area contributed by atoms with Crippen molar-refractivity contribution in [1.29, 1.82) is 0 Å². The summed E-state index contributed by atoms with van der Waals surface area (Å²) in [6.07, 6.45) is 12.4. The van der Waals surface area contributed by atoms with Gasteiger partial charge in [0.05, 0.1) is 57.4 Å². The van der Waals surface area contributed by atoms with Crippen LogP contribution in [0, 0.1) is 20.8 Å². The number of aryl methyl sites for hydroxylation is 3. The number of halogens is 1. The van der Waals surface area contributed by atoms with Crippen LogP contribution in [0.2, 0.25) is 0 Å². The van der Waals surface area contributed by atoms with E-state index in [1.807, 2.05) is 74.5 Å². The van der Waals surface area contributed by atoms with E-state index >= 15 is 0 Å². The number of methoxy groups -OCH3 is 3. The van der Waals surface area contributed by atoms with Gasteiger partial charge in [0, 0.05) is 24.0 Å². The monoisotopic (exact) mass is 997 g/mol. The van der Waals surface area contributed by atoms with Gasteiger partial charge in [0.2, 0.25) is 17.6 Å². The van der Waals surface area contributed by atoms with Gasteiger partial charge >= 0.3 is 51.4 Å². The average molecular weight is 999 g/mol. The number of rotatable bonds is 13. The van der Waals surface area contributed by atoms with E-state index in [4.69, 9.17) is 52.2 Å². The van der Waals surface area contributed by atoms with Crippen LogP contribution < -0.4 is 82.5 Å². The third-order valence-electron chi connectivity index (χ3n) is 8.94. The maximum absolute atomic E-state index is 9.75. The van der Waals surface area contributed by atoms with Gasteiger partial charge in [0.1, 0.15) is 46.4 Å². The summed E-state index contributed by atoms with van der Waals surface area (Å²) in [4.78, 5) is 39.9. The molecule has 4 atom stereocenters. The molecule has 8 N–H and O–H groups in total. The zero-order valence-corrected chi connectivity index (χ0v) is 44.0. The van der Waals surface area contributed by atoms with Crippen LogP contribution in [0.15, 0.2) is 115 Å². The SMILES string of the molecule is C=CC(C)Cl.C=CC(C)O/N=C(\N)c1ccc(-n2cnc(C)c2)c(OC)n1.COc1nc(/C(N)=N/O)ccc1-n1cnc(C)c1.COc1nc(C2=NC(O)C(C)ON2)ccc1-n1cnc(C)c1.[K+].[OH-]. The molecule has 7 rings (SSSR count). The number of hydrogen-bond donors (Lipinski definition) is 5. The van der Waals surface area contributed by atoms with Crippen molar-refractivity contribution in [3.05, 3.63) is 133 Å². The molecule has 0 saturated carbocycles. The number of allylic oxidation sites excluding steroid dienone is 1. The molecule has 0 fully saturated rings. The van der Waals surface area contributed by atoms with Crippen molar-refractivity contribution in [3.63, 3.8) is 0 Å². The fourth-order valence-electron chi connectivity index (χ4n) is 5.29. The number of oxime groups is 2. The van der Waals surface area contributed by atoms with Gasteiger partial charge in [-0.1, -0.05) is 23.0 Å². The van der Waals surface area contributed by atoms with Crippen molar-refractivity contribution in [3.8, 4) is 34.7 Å². The summed E-state index contributed by atoms with van der Waals surface area (Å²) in [5, 5.41) is 25.2. The van der Waals surface area contributed by atoms with E-state index in [0.29, 0.717) is 40.6 Å². The number of nitrogens with two attached hydrogens (primary N) is 2. The standard InChI is InChI=1S/C15H19N5O2.C14H17N5O3.C11H13N5O2.C4H7Cl.K.H2O/c1-5-11(3)22-19-14(16)12-6-7-13(15(18-12)21-4)20-8-10(2)17-9-20;1-8-6-19(7-15-8)11-5-4-10(16-14(11)21-3)12-17-13(20)9(2)22-18-12;1-7-5-16(6-13-7)9-4-3-8(10(12)15-17)14-11(9)18-2;1-3-4(2)5;;/h5-9,11H,1H2,2-4H3,(H2,16,19);4-7,9,13,20H,1-3H3,(H,17,18);3-6,17H,1-2H3,(H2,12,15);3-4H,1H2,2H3;;1H2/q;;;;+1;/p-1. The van der Waals surface area contributed by atoms with Crippen molar-refractivity contribution in [2.24, 2.45) is 26.8 Å². The number of imidazole rings is 3. The number of hydroxylamine groups is 1. The van der Waals surface area contributed by atoms with Crippen molar-refractivity contribution in [2.75, 3.05) is 21.3 Å². The van der Waals surface area contributed by atoms with Crippen molar-refractivity contribution in [1.82, 2.24) is 49.1 Å². The Bertz CT molecular complexity index is 2670. The molecule has 0 bridgehead atoms. The quantitative estimate of drug-likeness (QED) is 0.0209. The summed E-state index contributed by atoms with van der Waals surface area (Å²) in [6.45, 7) is 18.1. The molecule has 25 heteroatoms. The third kappa shape index (κ3) is 17.1. The van der Waals surface area contributed by atoms with Gasteiger partial charge in [-0.3, -0.25) is 4.84 Å². The molecule has 0 aromatic carbocycles. The molecule has 0 radical (unpaired) electrons. The Morgan fingerprint density at radius 3 is 1.55 bits per heavy atom. The first-order chi connectivity index (χ1) is 32.0. The molecule has 1 aliphatic rings. The molecule has 7 heterocycles. The number of nitrogens with zero attached hydrogens (tertiary/aromatic N) is 12. The predicted octanol–water partition coefficient (Wildman–Crippen LogP) is 1.67. The van der Waals surface area contributed by atoms with Crippen molar-refractivity contribution >= 4 is 29.1 Å². The van der Waals surface area contributed by atoms with Crippen LogP contribution in [-0.4, -0.2) is 122 Å². The maximum Gasteiger partial charge on any atom is 1.00 e. The van der Waals surface area contributed by atoms with Crippen LogP contribution in [0.25, 0.3) is 17.1 Å². The summed E-state index contributed by atoms with van der Waals surface area (Å²) in [6, 6.07) is 10.6. The Hall–Kier alpha value is -6.22. The molecule has 1 aliphatic heterocycles. The first kappa shape index (κ1) is 58.9. The molecule has 6 aromatic rings. The van der Waals surface area contributed by atoms with Crippen LogP contribution in [-0.2, 0) is 9.68 Å². The van der Waals surface area contributed by atoms with Gasteiger partial charge in [-0.05, 0) is 84.0 Å². The number of pyridine rings is 3. The topological polar surface area (TPSA) is 310 Å². The Labute approximate surface area is 447 Å². The van der Waals surface area contributed by atoms with E-state index in [0.717, 1.165) is 34.1 Å². The van der Waals surface area contributed by atoms with Crippen molar-refractivity contribution < 1.29 is 91.1 Å². The minimum atomic E-state index is -0.931. The maximum atomic E-state index is 9.75.